The second-order valence-corrected chi connectivity index (χ2v) is 6.85. The normalized spacial score (nSPS) is 14.3. The van der Waals surface area contributed by atoms with Crippen LogP contribution in [-0.4, -0.2) is 26.6 Å². The summed E-state index contributed by atoms with van der Waals surface area (Å²) in [7, 11) is 1.87. The molecule has 0 bridgehead atoms. The summed E-state index contributed by atoms with van der Waals surface area (Å²) in [6.07, 6.45) is 5.22. The Labute approximate surface area is 151 Å². The summed E-state index contributed by atoms with van der Waals surface area (Å²) in [6, 6.07) is 4.74. The molecule has 6 heteroatoms. The fourth-order valence-corrected chi connectivity index (χ4v) is 3.13. The summed E-state index contributed by atoms with van der Waals surface area (Å²) in [5.41, 5.74) is 3.18. The van der Waals surface area contributed by atoms with Crippen LogP contribution in [0.3, 0.4) is 0 Å². The fraction of sp³-hybridized carbons (Fsp3) is 0.368. The summed E-state index contributed by atoms with van der Waals surface area (Å²) in [6.45, 7) is 4.06. The Morgan fingerprint density at radius 2 is 2.16 bits per heavy atom. The quantitative estimate of drug-likeness (QED) is 0.754. The SMILES string of the molecule is Cc1nn(C)c(C)c1/C=C/C(=O)N(Cc1c(F)cccc1Cl)C1CC1. The van der Waals surface area contributed by atoms with Gasteiger partial charge in [-0.1, -0.05) is 17.7 Å². The van der Waals surface area contributed by atoms with Gasteiger partial charge in [0.25, 0.3) is 0 Å². The van der Waals surface area contributed by atoms with Gasteiger partial charge in [0.1, 0.15) is 5.82 Å². The molecule has 1 amide bonds. The lowest BCUT2D eigenvalue weighted by Gasteiger charge is -2.22. The minimum atomic E-state index is -0.381. The van der Waals surface area contributed by atoms with E-state index in [9.17, 15) is 9.18 Å². The first-order chi connectivity index (χ1) is 11.9. The number of rotatable bonds is 5. The molecular weight excluding hydrogens is 341 g/mol. The predicted octanol–water partition coefficient (Wildman–Crippen LogP) is 4.03. The number of aryl methyl sites for hydroxylation is 2. The average Bonchev–Trinajstić information content (AvgIpc) is 3.35. The standard InChI is InChI=1S/C19H21ClFN3O/c1-12-15(13(2)23(3)22-12)9-10-19(25)24(14-7-8-14)11-16-17(20)5-4-6-18(16)21/h4-6,9-10,14H,7-8,11H2,1-3H3/b10-9+. The molecule has 25 heavy (non-hydrogen) atoms. The van der Waals surface area contributed by atoms with Crippen molar-refractivity contribution in [1.82, 2.24) is 14.7 Å². The van der Waals surface area contributed by atoms with Gasteiger partial charge in [0.15, 0.2) is 0 Å². The molecule has 0 spiro atoms. The monoisotopic (exact) mass is 361 g/mol. The molecule has 0 N–H and O–H groups in total. The average molecular weight is 362 g/mol. The largest absolute Gasteiger partial charge is 0.332 e. The van der Waals surface area contributed by atoms with E-state index in [2.05, 4.69) is 5.10 Å². The van der Waals surface area contributed by atoms with E-state index in [-0.39, 0.29) is 24.3 Å². The zero-order valence-corrected chi connectivity index (χ0v) is 15.3. The van der Waals surface area contributed by atoms with Gasteiger partial charge in [-0.05, 0) is 44.9 Å². The van der Waals surface area contributed by atoms with E-state index < -0.39 is 0 Å². The maximum absolute atomic E-state index is 14.1. The van der Waals surface area contributed by atoms with Crippen molar-refractivity contribution in [2.24, 2.45) is 7.05 Å². The third-order valence-electron chi connectivity index (χ3n) is 4.62. The number of aromatic nitrogens is 2. The number of halogens is 2. The molecule has 2 aromatic rings. The number of hydrogen-bond donors (Lipinski definition) is 0. The van der Waals surface area contributed by atoms with Gasteiger partial charge in [-0.2, -0.15) is 5.10 Å². The van der Waals surface area contributed by atoms with Crippen LogP contribution in [0.1, 0.15) is 35.4 Å². The van der Waals surface area contributed by atoms with Crippen molar-refractivity contribution < 1.29 is 9.18 Å². The van der Waals surface area contributed by atoms with Gasteiger partial charge in [-0.15, -0.1) is 0 Å². The van der Waals surface area contributed by atoms with Crippen molar-refractivity contribution in [3.05, 3.63) is 57.6 Å². The molecule has 132 valence electrons. The number of benzene rings is 1. The fourth-order valence-electron chi connectivity index (χ4n) is 2.91. The van der Waals surface area contributed by atoms with Gasteiger partial charge in [0.2, 0.25) is 5.91 Å². The smallest absolute Gasteiger partial charge is 0.247 e. The number of carbonyl (C=O) groups is 1. The summed E-state index contributed by atoms with van der Waals surface area (Å²) >= 11 is 6.11. The van der Waals surface area contributed by atoms with Crippen LogP contribution in [0.25, 0.3) is 6.08 Å². The van der Waals surface area contributed by atoms with Crippen LogP contribution in [0, 0.1) is 19.7 Å². The summed E-state index contributed by atoms with van der Waals surface area (Å²) in [4.78, 5) is 14.4. The molecule has 1 aromatic carbocycles. The second kappa shape index (κ2) is 7.00. The van der Waals surface area contributed by atoms with E-state index >= 15 is 0 Å². The molecule has 1 aliphatic carbocycles. The Bertz CT molecular complexity index is 819. The lowest BCUT2D eigenvalue weighted by Crippen LogP contribution is -2.31. The maximum atomic E-state index is 14.1. The van der Waals surface area contributed by atoms with E-state index in [0.29, 0.717) is 10.6 Å². The van der Waals surface area contributed by atoms with Crippen LogP contribution >= 0.6 is 11.6 Å². The molecule has 1 aliphatic rings. The molecule has 1 fully saturated rings. The Kier molecular flexibility index (Phi) is 4.95. The molecule has 0 atom stereocenters. The van der Waals surface area contributed by atoms with E-state index in [4.69, 9.17) is 11.6 Å². The Morgan fingerprint density at radius 3 is 2.72 bits per heavy atom. The maximum Gasteiger partial charge on any atom is 0.247 e. The lowest BCUT2D eigenvalue weighted by atomic mass is 10.1. The molecule has 0 radical (unpaired) electrons. The van der Waals surface area contributed by atoms with Crippen LogP contribution in [0.5, 0.6) is 0 Å². The first-order valence-electron chi connectivity index (χ1n) is 8.30. The Hall–Kier alpha value is -2.14. The van der Waals surface area contributed by atoms with E-state index in [1.54, 1.807) is 33.9 Å². The topological polar surface area (TPSA) is 38.1 Å². The van der Waals surface area contributed by atoms with Crippen molar-refractivity contribution in [1.29, 1.82) is 0 Å². The van der Waals surface area contributed by atoms with Gasteiger partial charge in [-0.25, -0.2) is 4.39 Å². The minimum Gasteiger partial charge on any atom is -0.332 e. The number of nitrogens with zero attached hydrogens (tertiary/aromatic N) is 3. The highest BCUT2D eigenvalue weighted by molar-refractivity contribution is 6.31. The highest BCUT2D eigenvalue weighted by Gasteiger charge is 2.32. The summed E-state index contributed by atoms with van der Waals surface area (Å²) < 4.78 is 15.9. The molecule has 0 saturated heterocycles. The molecular formula is C19H21ClFN3O. The molecule has 1 aromatic heterocycles. The van der Waals surface area contributed by atoms with Crippen LogP contribution in [0.2, 0.25) is 5.02 Å². The number of carbonyl (C=O) groups excluding carboxylic acids is 1. The zero-order chi connectivity index (χ0) is 18.1. The number of amides is 1. The van der Waals surface area contributed by atoms with E-state index in [0.717, 1.165) is 29.8 Å². The van der Waals surface area contributed by atoms with Gasteiger partial charge < -0.3 is 4.90 Å². The van der Waals surface area contributed by atoms with Crippen LogP contribution in [0.15, 0.2) is 24.3 Å². The van der Waals surface area contributed by atoms with Crippen molar-refractivity contribution in [3.8, 4) is 0 Å². The molecule has 1 heterocycles. The van der Waals surface area contributed by atoms with Crippen molar-refractivity contribution in [3.63, 3.8) is 0 Å². The first kappa shape index (κ1) is 17.7. The third-order valence-corrected chi connectivity index (χ3v) is 4.97. The molecule has 0 aliphatic heterocycles. The minimum absolute atomic E-state index is 0.135. The van der Waals surface area contributed by atoms with Crippen molar-refractivity contribution in [2.45, 2.75) is 39.3 Å². The predicted molar refractivity (Wildman–Crippen MR) is 96.7 cm³/mol. The highest BCUT2D eigenvalue weighted by Crippen LogP contribution is 2.31. The highest BCUT2D eigenvalue weighted by atomic mass is 35.5. The van der Waals surface area contributed by atoms with Crippen molar-refractivity contribution in [2.75, 3.05) is 0 Å². The second-order valence-electron chi connectivity index (χ2n) is 6.44. The Morgan fingerprint density at radius 1 is 1.44 bits per heavy atom. The summed E-state index contributed by atoms with van der Waals surface area (Å²) in [5.74, 6) is -0.515. The van der Waals surface area contributed by atoms with Crippen LogP contribution in [-0.2, 0) is 18.4 Å². The molecule has 4 nitrogen and oxygen atoms in total. The zero-order valence-electron chi connectivity index (χ0n) is 14.6. The molecule has 3 rings (SSSR count). The molecule has 0 unspecified atom stereocenters. The summed E-state index contributed by atoms with van der Waals surface area (Å²) in [5, 5.41) is 4.69. The van der Waals surface area contributed by atoms with Crippen molar-refractivity contribution >= 4 is 23.6 Å². The Balaban J connectivity index is 1.81. The third kappa shape index (κ3) is 3.76. The van der Waals surface area contributed by atoms with Gasteiger partial charge in [0.05, 0.1) is 12.2 Å². The molecule has 1 saturated carbocycles. The van der Waals surface area contributed by atoms with E-state index in [1.165, 1.54) is 6.07 Å². The van der Waals surface area contributed by atoms with Gasteiger partial charge in [-0.3, -0.25) is 9.48 Å². The van der Waals surface area contributed by atoms with Crippen LogP contribution in [0.4, 0.5) is 4.39 Å². The van der Waals surface area contributed by atoms with Crippen LogP contribution < -0.4 is 0 Å². The lowest BCUT2D eigenvalue weighted by molar-refractivity contribution is -0.127. The first-order valence-corrected chi connectivity index (χ1v) is 8.68. The van der Waals surface area contributed by atoms with Gasteiger partial charge in [0, 0.05) is 41.0 Å². The number of hydrogen-bond acceptors (Lipinski definition) is 2. The van der Waals surface area contributed by atoms with Gasteiger partial charge >= 0.3 is 0 Å². The van der Waals surface area contributed by atoms with E-state index in [1.807, 2.05) is 20.9 Å².